The maximum Gasteiger partial charge on any atom is 0.338 e. The normalized spacial score (nSPS) is 14.6. The van der Waals surface area contributed by atoms with Crippen LogP contribution in [0.3, 0.4) is 0 Å². The highest BCUT2D eigenvalue weighted by Gasteiger charge is 2.33. The zero-order valence-electron chi connectivity index (χ0n) is 23.8. The molecule has 10 heteroatoms. The minimum Gasteiger partial charge on any atom is -0.488 e. The molecule has 1 atom stereocenters. The zero-order valence-corrected chi connectivity index (χ0v) is 26.2. The van der Waals surface area contributed by atoms with Gasteiger partial charge in [-0.25, -0.2) is 14.6 Å². The molecule has 0 spiro atoms. The van der Waals surface area contributed by atoms with E-state index in [9.17, 15) is 14.4 Å². The molecule has 5 rings (SSSR count). The lowest BCUT2D eigenvalue weighted by atomic mass is 9.95. The molecule has 0 N–H and O–H groups in total. The Labute approximate surface area is 260 Å². The number of rotatable bonds is 9. The number of fused-ring (bicyclic) bond motifs is 1. The summed E-state index contributed by atoms with van der Waals surface area (Å²) < 4.78 is 19.2. The molecule has 43 heavy (non-hydrogen) atoms. The molecule has 0 amide bonds. The Hall–Kier alpha value is -4.28. The van der Waals surface area contributed by atoms with Crippen LogP contribution in [0.4, 0.5) is 0 Å². The Bertz CT molecular complexity index is 1880. The van der Waals surface area contributed by atoms with Crippen molar-refractivity contribution >= 4 is 45.3 Å². The second-order valence-electron chi connectivity index (χ2n) is 9.59. The van der Waals surface area contributed by atoms with Crippen LogP contribution >= 0.6 is 27.3 Å². The number of esters is 2. The van der Waals surface area contributed by atoms with Crippen LogP contribution < -0.4 is 19.6 Å². The Kier molecular flexibility index (Phi) is 9.37. The SMILES string of the molecule is CCOC(=O)c1ccc(COc2ccc(Br)cc2/C=c2/sc3n(c2=O)[C@@H](c2ccccc2)C(C(=O)OC)=C(CC)N=3)cc1. The zero-order chi connectivity index (χ0) is 30.5. The van der Waals surface area contributed by atoms with Gasteiger partial charge in [0, 0.05) is 10.0 Å². The second-order valence-corrected chi connectivity index (χ2v) is 11.5. The van der Waals surface area contributed by atoms with Crippen LogP contribution in [0.25, 0.3) is 6.08 Å². The molecular formula is C33H29BrN2O6S. The van der Waals surface area contributed by atoms with Gasteiger partial charge >= 0.3 is 11.9 Å². The number of hydrogen-bond donors (Lipinski definition) is 0. The molecule has 0 saturated heterocycles. The summed E-state index contributed by atoms with van der Waals surface area (Å²) in [6, 6.07) is 21.4. The lowest BCUT2D eigenvalue weighted by Gasteiger charge is -2.25. The maximum absolute atomic E-state index is 14.0. The van der Waals surface area contributed by atoms with E-state index in [1.807, 2.05) is 67.6 Å². The molecule has 0 aliphatic carbocycles. The molecule has 2 heterocycles. The number of carbonyl (C=O) groups excluding carboxylic acids is 2. The molecular weight excluding hydrogens is 632 g/mol. The minimum absolute atomic E-state index is 0.253. The average molecular weight is 662 g/mol. The van der Waals surface area contributed by atoms with E-state index in [1.54, 1.807) is 29.7 Å². The summed E-state index contributed by atoms with van der Waals surface area (Å²) in [6.45, 7) is 4.26. The van der Waals surface area contributed by atoms with Crippen molar-refractivity contribution in [2.75, 3.05) is 13.7 Å². The van der Waals surface area contributed by atoms with E-state index in [-0.39, 0.29) is 18.1 Å². The fourth-order valence-electron chi connectivity index (χ4n) is 4.83. The molecule has 1 aliphatic rings. The third-order valence-corrected chi connectivity index (χ3v) is 8.36. The topological polar surface area (TPSA) is 96.2 Å². The Morgan fingerprint density at radius 2 is 1.77 bits per heavy atom. The van der Waals surface area contributed by atoms with Gasteiger partial charge in [-0.3, -0.25) is 9.36 Å². The van der Waals surface area contributed by atoms with Crippen molar-refractivity contribution in [2.45, 2.75) is 32.9 Å². The van der Waals surface area contributed by atoms with Crippen LogP contribution in [0.15, 0.2) is 98.3 Å². The standard InChI is InChI=1S/C33H29BrN2O6S/c1-4-25-28(32(39)40-3)29(21-9-7-6-8-10-21)36-30(37)27(43-33(36)35-25)18-23-17-24(34)15-16-26(23)42-19-20-11-13-22(14-12-20)31(38)41-5-2/h6-18,29H,4-5,19H2,1-3H3/b27-18+/t29-/m0/s1. The van der Waals surface area contributed by atoms with Crippen molar-refractivity contribution in [3.8, 4) is 5.75 Å². The number of methoxy groups -OCH3 is 1. The van der Waals surface area contributed by atoms with Crippen molar-refractivity contribution in [3.63, 3.8) is 0 Å². The number of halogens is 1. The highest BCUT2D eigenvalue weighted by atomic mass is 79.9. The predicted molar refractivity (Wildman–Crippen MR) is 168 cm³/mol. The van der Waals surface area contributed by atoms with E-state index in [1.165, 1.54) is 18.4 Å². The summed E-state index contributed by atoms with van der Waals surface area (Å²) in [7, 11) is 1.33. The second kappa shape index (κ2) is 13.4. The number of nitrogens with zero attached hydrogens (tertiary/aromatic N) is 2. The summed E-state index contributed by atoms with van der Waals surface area (Å²) in [6.07, 6.45) is 2.28. The lowest BCUT2D eigenvalue weighted by molar-refractivity contribution is -0.136. The number of hydrogen-bond acceptors (Lipinski definition) is 8. The molecule has 4 aromatic rings. The van der Waals surface area contributed by atoms with Crippen molar-refractivity contribution in [2.24, 2.45) is 4.99 Å². The quantitative estimate of drug-likeness (QED) is 0.226. The van der Waals surface area contributed by atoms with E-state index < -0.39 is 12.0 Å². The van der Waals surface area contributed by atoms with E-state index in [4.69, 9.17) is 19.2 Å². The van der Waals surface area contributed by atoms with Crippen molar-refractivity contribution < 1.29 is 23.8 Å². The van der Waals surface area contributed by atoms with E-state index in [0.29, 0.717) is 50.5 Å². The highest BCUT2D eigenvalue weighted by molar-refractivity contribution is 9.10. The number of carbonyl (C=O) groups is 2. The number of ether oxygens (including phenoxy) is 3. The van der Waals surface area contributed by atoms with Gasteiger partial charge in [0.2, 0.25) is 0 Å². The van der Waals surface area contributed by atoms with Crippen molar-refractivity contribution in [1.82, 2.24) is 4.57 Å². The first-order valence-electron chi connectivity index (χ1n) is 13.7. The fourth-order valence-corrected chi connectivity index (χ4v) is 6.22. The Morgan fingerprint density at radius 1 is 1.02 bits per heavy atom. The van der Waals surface area contributed by atoms with E-state index in [0.717, 1.165) is 15.6 Å². The molecule has 3 aromatic carbocycles. The molecule has 1 aliphatic heterocycles. The maximum atomic E-state index is 14.0. The van der Waals surface area contributed by atoms with Crippen molar-refractivity contribution in [1.29, 1.82) is 0 Å². The number of aromatic nitrogens is 1. The Balaban J connectivity index is 1.54. The third kappa shape index (κ3) is 6.40. The molecule has 8 nitrogen and oxygen atoms in total. The first-order valence-corrected chi connectivity index (χ1v) is 15.3. The molecule has 0 saturated carbocycles. The molecule has 0 unspecified atom stereocenters. The fraction of sp³-hybridized carbons (Fsp3) is 0.212. The molecule has 1 aromatic heterocycles. The van der Waals surface area contributed by atoms with Crippen LogP contribution in [0.1, 0.15) is 53.4 Å². The minimum atomic E-state index is -0.669. The first kappa shape index (κ1) is 30.2. The van der Waals surface area contributed by atoms with Gasteiger partial charge in [0.15, 0.2) is 4.80 Å². The van der Waals surface area contributed by atoms with E-state index >= 15 is 0 Å². The van der Waals surface area contributed by atoms with Gasteiger partial charge in [-0.1, -0.05) is 76.7 Å². The van der Waals surface area contributed by atoms with Crippen molar-refractivity contribution in [3.05, 3.63) is 130 Å². The molecule has 0 radical (unpaired) electrons. The molecule has 0 bridgehead atoms. The van der Waals surface area contributed by atoms with Crippen LogP contribution in [0, 0.1) is 0 Å². The summed E-state index contributed by atoms with van der Waals surface area (Å²) in [4.78, 5) is 44.2. The van der Waals surface area contributed by atoms with Crippen LogP contribution in [0.5, 0.6) is 5.75 Å². The monoisotopic (exact) mass is 660 g/mol. The number of allylic oxidation sites excluding steroid dienone is 1. The van der Waals surface area contributed by atoms with Gasteiger partial charge in [-0.2, -0.15) is 0 Å². The first-order chi connectivity index (χ1) is 20.8. The van der Waals surface area contributed by atoms with E-state index in [2.05, 4.69) is 15.9 Å². The van der Waals surface area contributed by atoms with Gasteiger partial charge in [-0.15, -0.1) is 0 Å². The smallest absolute Gasteiger partial charge is 0.338 e. The lowest BCUT2D eigenvalue weighted by Crippen LogP contribution is -2.40. The number of benzene rings is 3. The molecule has 0 fully saturated rings. The molecule has 220 valence electrons. The van der Waals surface area contributed by atoms with Gasteiger partial charge in [0.1, 0.15) is 12.4 Å². The Morgan fingerprint density at radius 3 is 2.44 bits per heavy atom. The van der Waals surface area contributed by atoms with Gasteiger partial charge in [0.25, 0.3) is 5.56 Å². The summed E-state index contributed by atoms with van der Waals surface area (Å²) in [5, 5.41) is 0. The van der Waals surface area contributed by atoms with Gasteiger partial charge in [-0.05, 0) is 60.9 Å². The van der Waals surface area contributed by atoms with Crippen LogP contribution in [-0.4, -0.2) is 30.2 Å². The van der Waals surface area contributed by atoms with Gasteiger partial charge in [0.05, 0.1) is 41.1 Å². The highest BCUT2D eigenvalue weighted by Crippen LogP contribution is 2.32. The van der Waals surface area contributed by atoms with Gasteiger partial charge < -0.3 is 14.2 Å². The summed E-state index contributed by atoms with van der Waals surface area (Å²) in [5.74, 6) is -0.305. The average Bonchev–Trinajstić information content (AvgIpc) is 3.34. The predicted octanol–water partition coefficient (Wildman–Crippen LogP) is 5.32. The number of thiazole rings is 1. The van der Waals surface area contributed by atoms with Crippen LogP contribution in [-0.2, 0) is 20.9 Å². The van der Waals surface area contributed by atoms with Crippen LogP contribution in [0.2, 0.25) is 0 Å². The summed E-state index contributed by atoms with van der Waals surface area (Å²) >= 11 is 4.79. The third-order valence-electron chi connectivity index (χ3n) is 6.88. The largest absolute Gasteiger partial charge is 0.488 e. The summed E-state index contributed by atoms with van der Waals surface area (Å²) in [5.41, 5.74) is 3.50.